The zero-order valence-corrected chi connectivity index (χ0v) is 29.4. The van der Waals surface area contributed by atoms with Gasteiger partial charge in [0.05, 0.1) is 0 Å². The van der Waals surface area contributed by atoms with E-state index in [1.165, 1.54) is 115 Å². The van der Waals surface area contributed by atoms with E-state index in [1.54, 1.807) is 22.3 Å². The summed E-state index contributed by atoms with van der Waals surface area (Å²) in [5.41, 5.74) is 17.6. The first-order chi connectivity index (χ1) is 20.3. The molecule has 4 atom stereocenters. The average molecular weight is 580 g/mol. The lowest BCUT2D eigenvalue weighted by molar-refractivity contribution is -0.0847. The number of unbranched alkanes of at least 4 members (excludes halogenated alkanes) is 4. The Kier molecular flexibility index (Phi) is 8.76. The number of allylic oxidation sites excluding steroid dienone is 7. The summed E-state index contributed by atoms with van der Waals surface area (Å²) < 4.78 is 0. The van der Waals surface area contributed by atoms with Crippen LogP contribution in [0.4, 0.5) is 0 Å². The van der Waals surface area contributed by atoms with Crippen molar-refractivity contribution in [3.05, 3.63) is 87.1 Å². The van der Waals surface area contributed by atoms with Crippen molar-refractivity contribution in [3.63, 3.8) is 0 Å². The van der Waals surface area contributed by atoms with E-state index in [9.17, 15) is 0 Å². The quantitative estimate of drug-likeness (QED) is 0.236. The van der Waals surface area contributed by atoms with Crippen molar-refractivity contribution in [1.82, 2.24) is 4.90 Å². The van der Waals surface area contributed by atoms with E-state index in [1.807, 2.05) is 0 Å². The van der Waals surface area contributed by atoms with Crippen LogP contribution in [0.1, 0.15) is 134 Å². The van der Waals surface area contributed by atoms with Crippen molar-refractivity contribution >= 4 is 5.57 Å². The summed E-state index contributed by atoms with van der Waals surface area (Å²) in [6, 6.07) is 2.55. The third-order valence-electron chi connectivity index (χ3n) is 13.0. The number of aryl methyl sites for hydroxylation is 1. The average Bonchev–Trinajstić information content (AvgIpc) is 2.92. The highest BCUT2D eigenvalue weighted by molar-refractivity contribution is 5.87. The fourth-order valence-electron chi connectivity index (χ4n) is 10.7. The zero-order chi connectivity index (χ0) is 31.5. The van der Waals surface area contributed by atoms with Crippen molar-refractivity contribution in [2.24, 2.45) is 22.2 Å². The standard InChI is InChI=1S/C42H61N/c1-13-15-17-21-43(22-18-16-14-2)25-34-23-28(5)35-24-40(11)26-42-20-19-36(42)30(7)37(27(3)4)32(9)41(42,12)33(10)39(40)31(8)38(35)29(34)6/h23,36H,3,8-9,13-22,24-26H2,1-2,4-7,10-12H3/t36-,40+,41+,42+/m1/s1. The first-order valence-electron chi connectivity index (χ1n) is 17.6. The van der Waals surface area contributed by atoms with Crippen molar-refractivity contribution in [2.45, 2.75) is 133 Å². The lowest BCUT2D eigenvalue weighted by Crippen LogP contribution is -2.62. The van der Waals surface area contributed by atoms with E-state index in [0.717, 1.165) is 13.0 Å². The SMILES string of the molecule is C=C(C)C1=C(C)[C@H]2CC[C@]23C[C@]2(C)Cc4c(C)cc(CN(CCCCC)CCCCC)c(C)c4C(=C)C2=C(C)[C@]3(C)C1=C. The van der Waals surface area contributed by atoms with Gasteiger partial charge >= 0.3 is 0 Å². The maximum atomic E-state index is 4.97. The molecule has 43 heavy (non-hydrogen) atoms. The highest BCUT2D eigenvalue weighted by Gasteiger charge is 2.68. The van der Waals surface area contributed by atoms with Gasteiger partial charge in [-0.3, -0.25) is 4.90 Å². The Hall–Kier alpha value is -2.12. The van der Waals surface area contributed by atoms with Crippen LogP contribution in [-0.4, -0.2) is 18.0 Å². The topological polar surface area (TPSA) is 3.24 Å². The molecule has 0 aliphatic heterocycles. The molecule has 0 N–H and O–H groups in total. The molecule has 0 amide bonds. The smallest absolute Gasteiger partial charge is 0.0236 e. The van der Waals surface area contributed by atoms with Gasteiger partial charge in [-0.15, -0.1) is 0 Å². The summed E-state index contributed by atoms with van der Waals surface area (Å²) in [6.07, 6.45) is 12.8. The van der Waals surface area contributed by atoms with Crippen molar-refractivity contribution < 1.29 is 0 Å². The predicted molar refractivity (Wildman–Crippen MR) is 188 cm³/mol. The molecule has 0 saturated heterocycles. The molecule has 1 aromatic carbocycles. The molecule has 1 aromatic rings. The lowest BCUT2D eigenvalue weighted by atomic mass is 9.33. The van der Waals surface area contributed by atoms with Gasteiger partial charge in [-0.05, 0) is 153 Å². The van der Waals surface area contributed by atoms with Crippen molar-refractivity contribution in [3.8, 4) is 0 Å². The van der Waals surface area contributed by atoms with Crippen molar-refractivity contribution in [2.75, 3.05) is 13.1 Å². The predicted octanol–water partition coefficient (Wildman–Crippen LogP) is 11.6. The van der Waals surface area contributed by atoms with Gasteiger partial charge < -0.3 is 0 Å². The Morgan fingerprint density at radius 3 is 2.14 bits per heavy atom. The molecule has 1 saturated carbocycles. The summed E-state index contributed by atoms with van der Waals surface area (Å²) in [5, 5.41) is 0. The minimum atomic E-state index is -0.0467. The number of benzene rings is 1. The van der Waals surface area contributed by atoms with Crippen LogP contribution in [0, 0.1) is 36.0 Å². The second kappa shape index (κ2) is 11.7. The van der Waals surface area contributed by atoms with E-state index < -0.39 is 0 Å². The molecule has 0 bridgehead atoms. The fourth-order valence-corrected chi connectivity index (χ4v) is 10.7. The van der Waals surface area contributed by atoms with E-state index >= 15 is 0 Å². The highest BCUT2D eigenvalue weighted by atomic mass is 15.1. The van der Waals surface area contributed by atoms with E-state index in [-0.39, 0.29) is 16.2 Å². The van der Waals surface area contributed by atoms with Gasteiger partial charge in [0, 0.05) is 12.0 Å². The molecule has 0 radical (unpaired) electrons. The molecule has 0 heterocycles. The van der Waals surface area contributed by atoms with Gasteiger partial charge in [-0.1, -0.05) is 95.9 Å². The van der Waals surface area contributed by atoms with Crippen LogP contribution in [-0.2, 0) is 13.0 Å². The third-order valence-corrected chi connectivity index (χ3v) is 13.0. The lowest BCUT2D eigenvalue weighted by Gasteiger charge is -2.70. The van der Waals surface area contributed by atoms with Crippen LogP contribution in [0.3, 0.4) is 0 Å². The van der Waals surface area contributed by atoms with Crippen LogP contribution in [0.2, 0.25) is 0 Å². The third kappa shape index (κ3) is 4.74. The van der Waals surface area contributed by atoms with Crippen molar-refractivity contribution in [1.29, 1.82) is 0 Å². The molecule has 0 aromatic heterocycles. The maximum Gasteiger partial charge on any atom is 0.0236 e. The second-order valence-electron chi connectivity index (χ2n) is 15.6. The van der Waals surface area contributed by atoms with Gasteiger partial charge in [0.25, 0.3) is 0 Å². The highest BCUT2D eigenvalue weighted by Crippen LogP contribution is 2.77. The molecular formula is C42H61N. The van der Waals surface area contributed by atoms with Crippen LogP contribution in [0.5, 0.6) is 0 Å². The van der Waals surface area contributed by atoms with Gasteiger partial charge in [0.15, 0.2) is 0 Å². The number of hydrogen-bond donors (Lipinski definition) is 0. The van der Waals surface area contributed by atoms with Crippen LogP contribution in [0.15, 0.2) is 59.2 Å². The Morgan fingerprint density at radius 2 is 1.60 bits per heavy atom. The Morgan fingerprint density at radius 1 is 0.977 bits per heavy atom. The molecule has 5 rings (SSSR count). The summed E-state index contributed by atoms with van der Waals surface area (Å²) >= 11 is 0. The van der Waals surface area contributed by atoms with Gasteiger partial charge in [0.2, 0.25) is 0 Å². The molecule has 4 aliphatic rings. The Labute approximate surface area is 265 Å². The van der Waals surface area contributed by atoms with E-state index in [4.69, 9.17) is 13.2 Å². The van der Waals surface area contributed by atoms with Crippen LogP contribution in [0.25, 0.3) is 5.57 Å². The largest absolute Gasteiger partial charge is 0.299 e. The fraction of sp³-hybridized carbons (Fsp3) is 0.619. The minimum Gasteiger partial charge on any atom is -0.299 e. The van der Waals surface area contributed by atoms with Crippen LogP contribution >= 0.6 is 0 Å². The monoisotopic (exact) mass is 579 g/mol. The number of rotatable bonds is 11. The first-order valence-corrected chi connectivity index (χ1v) is 17.6. The molecular weight excluding hydrogens is 518 g/mol. The van der Waals surface area contributed by atoms with Crippen LogP contribution < -0.4 is 0 Å². The molecule has 234 valence electrons. The zero-order valence-electron chi connectivity index (χ0n) is 29.4. The summed E-state index contributed by atoms with van der Waals surface area (Å²) in [4.78, 5) is 2.74. The summed E-state index contributed by atoms with van der Waals surface area (Å²) in [6.45, 7) is 39.3. The number of fused-ring (bicyclic) bond motifs is 2. The molecule has 4 aliphatic carbocycles. The van der Waals surface area contributed by atoms with E-state index in [0.29, 0.717) is 5.92 Å². The molecule has 1 fully saturated rings. The van der Waals surface area contributed by atoms with Gasteiger partial charge in [-0.2, -0.15) is 0 Å². The normalized spacial score (nSPS) is 29.8. The minimum absolute atomic E-state index is 0.0467. The Balaban J connectivity index is 1.59. The summed E-state index contributed by atoms with van der Waals surface area (Å²) in [7, 11) is 0. The number of hydrogen-bond acceptors (Lipinski definition) is 1. The second-order valence-corrected chi connectivity index (χ2v) is 15.6. The summed E-state index contributed by atoms with van der Waals surface area (Å²) in [5.74, 6) is 0.634. The van der Waals surface area contributed by atoms with E-state index in [2.05, 4.69) is 79.9 Å². The molecule has 1 nitrogen and oxygen atoms in total. The van der Waals surface area contributed by atoms with Gasteiger partial charge in [-0.25, -0.2) is 0 Å². The first kappa shape index (κ1) is 32.3. The number of nitrogens with zero attached hydrogens (tertiary/aromatic N) is 1. The molecule has 1 heteroatoms. The molecule has 1 spiro atoms. The maximum absolute atomic E-state index is 4.97. The van der Waals surface area contributed by atoms with Gasteiger partial charge in [0.1, 0.15) is 0 Å². The molecule has 0 unspecified atom stereocenters. The Bertz CT molecular complexity index is 1400.